The Morgan fingerprint density at radius 3 is 1.49 bits per heavy atom. The van der Waals surface area contributed by atoms with Crippen molar-refractivity contribution in [2.45, 2.75) is 262 Å². The van der Waals surface area contributed by atoms with Crippen molar-refractivity contribution in [3.05, 3.63) is 12.2 Å². The first-order chi connectivity index (χ1) is 26.8. The van der Waals surface area contributed by atoms with E-state index >= 15 is 0 Å². The number of ether oxygens (including phenoxy) is 2. The van der Waals surface area contributed by atoms with E-state index in [2.05, 4.69) is 31.3 Å². The number of amides is 1. The number of allylic oxidation sites excluding steroid dienone is 2. The van der Waals surface area contributed by atoms with Crippen molar-refractivity contribution >= 4 is 5.91 Å². The Labute approximate surface area is 337 Å². The second-order valence-electron chi connectivity index (χ2n) is 16.6. The fourth-order valence-corrected chi connectivity index (χ4v) is 7.57. The molecule has 0 saturated carbocycles. The topological polar surface area (TPSA) is 149 Å². The van der Waals surface area contributed by atoms with Crippen LogP contribution in [0.25, 0.3) is 0 Å². The van der Waals surface area contributed by atoms with Gasteiger partial charge in [0.05, 0.1) is 25.4 Å². The second-order valence-corrected chi connectivity index (χ2v) is 16.6. The van der Waals surface area contributed by atoms with E-state index in [4.69, 9.17) is 9.47 Å². The highest BCUT2D eigenvalue weighted by atomic mass is 16.7. The molecule has 0 spiro atoms. The Bertz CT molecular complexity index is 873. The number of hydrogen-bond donors (Lipinski definition) is 6. The molecule has 0 aromatic rings. The highest BCUT2D eigenvalue weighted by molar-refractivity contribution is 5.76. The monoisotopic (exact) mass is 784 g/mol. The minimum Gasteiger partial charge on any atom is -0.394 e. The molecule has 0 bridgehead atoms. The normalized spacial score (nSPS) is 21.3. The van der Waals surface area contributed by atoms with Gasteiger partial charge in [-0.3, -0.25) is 4.79 Å². The first-order valence-electron chi connectivity index (χ1n) is 23.4. The molecule has 9 nitrogen and oxygen atoms in total. The van der Waals surface area contributed by atoms with E-state index in [1.54, 1.807) is 0 Å². The third-order valence-electron chi connectivity index (χ3n) is 11.4. The first kappa shape index (κ1) is 51.9. The highest BCUT2D eigenvalue weighted by Crippen LogP contribution is 2.23. The van der Waals surface area contributed by atoms with Crippen LogP contribution in [-0.4, -0.2) is 87.5 Å². The molecule has 1 rings (SSSR count). The van der Waals surface area contributed by atoms with Gasteiger partial charge in [0.15, 0.2) is 6.29 Å². The predicted octanol–water partition coefficient (Wildman–Crippen LogP) is 9.73. The molecule has 1 saturated heterocycles. The number of nitrogens with one attached hydrogen (secondary N) is 1. The van der Waals surface area contributed by atoms with Crippen LogP contribution in [0.3, 0.4) is 0 Å². The summed E-state index contributed by atoms with van der Waals surface area (Å²) >= 11 is 0. The zero-order valence-corrected chi connectivity index (χ0v) is 35.7. The summed E-state index contributed by atoms with van der Waals surface area (Å²) in [5.41, 5.74) is 0. The zero-order valence-electron chi connectivity index (χ0n) is 35.7. The summed E-state index contributed by atoms with van der Waals surface area (Å²) in [5.74, 6) is -0.152. The fourth-order valence-electron chi connectivity index (χ4n) is 7.57. The van der Waals surface area contributed by atoms with E-state index < -0.39 is 49.5 Å². The maximum absolute atomic E-state index is 12.9. The van der Waals surface area contributed by atoms with Gasteiger partial charge < -0.3 is 40.3 Å². The molecular formula is C46H89NO8. The third kappa shape index (κ3) is 28.1. The fraction of sp³-hybridized carbons (Fsp3) is 0.935. The first-order valence-corrected chi connectivity index (χ1v) is 23.4. The van der Waals surface area contributed by atoms with Crippen molar-refractivity contribution in [1.29, 1.82) is 0 Å². The molecule has 1 amide bonds. The molecule has 55 heavy (non-hydrogen) atoms. The summed E-state index contributed by atoms with van der Waals surface area (Å²) < 4.78 is 11.3. The smallest absolute Gasteiger partial charge is 0.220 e. The van der Waals surface area contributed by atoms with Crippen molar-refractivity contribution in [3.8, 4) is 0 Å². The van der Waals surface area contributed by atoms with E-state index in [9.17, 15) is 30.3 Å². The van der Waals surface area contributed by atoms with E-state index in [1.807, 2.05) is 0 Å². The molecule has 9 heteroatoms. The Balaban J connectivity index is 2.31. The SMILES string of the molecule is CCCCCC/C=C\CCCCCCCC(=O)NC(COC1OC(CO)C(O)C(O)C1O)C(O)CCCCCCCCCCCCCCCCCCCCC. The van der Waals surface area contributed by atoms with Gasteiger partial charge in [0.2, 0.25) is 5.91 Å². The number of aliphatic hydroxyl groups excluding tert-OH is 5. The van der Waals surface area contributed by atoms with E-state index in [1.165, 1.54) is 141 Å². The second kappa shape index (κ2) is 37.2. The number of aliphatic hydroxyl groups is 5. The van der Waals surface area contributed by atoms with Crippen molar-refractivity contribution < 1.29 is 39.8 Å². The largest absolute Gasteiger partial charge is 0.394 e. The standard InChI is InChI=1S/C46H89NO8/c1-3-5-7-9-11-13-15-17-18-19-20-21-22-24-25-27-29-31-33-35-40(49)39(38-54-46-45(53)44(52)43(51)41(37-48)55-46)47-42(50)36-34-32-30-28-26-23-16-14-12-10-8-6-4-2/h14,16,39-41,43-46,48-49,51-53H,3-13,15,17-38H2,1-2H3,(H,47,50)/b16-14-. The molecule has 7 atom stereocenters. The molecule has 0 aliphatic carbocycles. The van der Waals surface area contributed by atoms with Crippen LogP contribution in [0, 0.1) is 0 Å². The molecule has 1 heterocycles. The molecule has 326 valence electrons. The van der Waals surface area contributed by atoms with Gasteiger partial charge >= 0.3 is 0 Å². The van der Waals surface area contributed by atoms with Crippen molar-refractivity contribution in [1.82, 2.24) is 5.32 Å². The van der Waals surface area contributed by atoms with E-state index in [-0.39, 0.29) is 12.5 Å². The minimum absolute atomic E-state index is 0.138. The van der Waals surface area contributed by atoms with Gasteiger partial charge in [-0.2, -0.15) is 0 Å². The lowest BCUT2D eigenvalue weighted by atomic mass is 9.99. The molecule has 1 fully saturated rings. The number of carbonyl (C=O) groups excluding carboxylic acids is 1. The van der Waals surface area contributed by atoms with Gasteiger partial charge in [0, 0.05) is 6.42 Å². The summed E-state index contributed by atoms with van der Waals surface area (Å²) in [5, 5.41) is 54.3. The molecule has 1 aliphatic rings. The van der Waals surface area contributed by atoms with Gasteiger partial charge in [-0.15, -0.1) is 0 Å². The van der Waals surface area contributed by atoms with Crippen LogP contribution < -0.4 is 5.32 Å². The third-order valence-corrected chi connectivity index (χ3v) is 11.4. The molecule has 1 aliphatic heterocycles. The molecule has 7 unspecified atom stereocenters. The van der Waals surface area contributed by atoms with Gasteiger partial charge in [0.25, 0.3) is 0 Å². The van der Waals surface area contributed by atoms with E-state index in [0.29, 0.717) is 12.8 Å². The van der Waals surface area contributed by atoms with Crippen LogP contribution in [0.4, 0.5) is 0 Å². The van der Waals surface area contributed by atoms with Crippen LogP contribution in [0.1, 0.15) is 219 Å². The molecule has 6 N–H and O–H groups in total. The van der Waals surface area contributed by atoms with Crippen LogP contribution in [0.2, 0.25) is 0 Å². The number of unbranched alkanes of at least 4 members (excludes halogenated alkanes) is 27. The summed E-state index contributed by atoms with van der Waals surface area (Å²) in [7, 11) is 0. The summed E-state index contributed by atoms with van der Waals surface area (Å²) in [6, 6.07) is -0.718. The highest BCUT2D eigenvalue weighted by Gasteiger charge is 2.44. The maximum Gasteiger partial charge on any atom is 0.220 e. The Kier molecular flexibility index (Phi) is 35.2. The molecule has 0 aromatic heterocycles. The zero-order chi connectivity index (χ0) is 40.2. The average Bonchev–Trinajstić information content (AvgIpc) is 3.18. The Hall–Kier alpha value is -1.07. The van der Waals surface area contributed by atoms with Crippen LogP contribution >= 0.6 is 0 Å². The van der Waals surface area contributed by atoms with Crippen LogP contribution in [0.5, 0.6) is 0 Å². The summed E-state index contributed by atoms with van der Waals surface area (Å²) in [4.78, 5) is 12.9. The maximum atomic E-state index is 12.9. The van der Waals surface area contributed by atoms with Gasteiger partial charge in [0.1, 0.15) is 24.4 Å². The quantitative estimate of drug-likeness (QED) is 0.0267. The average molecular weight is 784 g/mol. The summed E-state index contributed by atoms with van der Waals surface area (Å²) in [6.45, 7) is 3.82. The van der Waals surface area contributed by atoms with Gasteiger partial charge in [-0.25, -0.2) is 0 Å². The van der Waals surface area contributed by atoms with Crippen molar-refractivity contribution in [3.63, 3.8) is 0 Å². The lowest BCUT2D eigenvalue weighted by molar-refractivity contribution is -0.302. The predicted molar refractivity (Wildman–Crippen MR) is 226 cm³/mol. The summed E-state index contributed by atoms with van der Waals surface area (Å²) in [6.07, 6.45) is 35.0. The molecule has 0 aromatic carbocycles. The molecule has 0 radical (unpaired) electrons. The van der Waals surface area contributed by atoms with Crippen LogP contribution in [-0.2, 0) is 14.3 Å². The Morgan fingerprint density at radius 1 is 0.600 bits per heavy atom. The van der Waals surface area contributed by atoms with Crippen molar-refractivity contribution in [2.75, 3.05) is 13.2 Å². The number of hydrogen-bond acceptors (Lipinski definition) is 8. The molecular weight excluding hydrogens is 695 g/mol. The lowest BCUT2D eigenvalue weighted by Gasteiger charge is -2.40. The van der Waals surface area contributed by atoms with Crippen LogP contribution in [0.15, 0.2) is 12.2 Å². The van der Waals surface area contributed by atoms with Gasteiger partial charge in [-0.05, 0) is 38.5 Å². The number of rotatable bonds is 39. The van der Waals surface area contributed by atoms with E-state index in [0.717, 1.165) is 51.4 Å². The van der Waals surface area contributed by atoms with Crippen molar-refractivity contribution in [2.24, 2.45) is 0 Å². The Morgan fingerprint density at radius 2 is 1.02 bits per heavy atom. The lowest BCUT2D eigenvalue weighted by Crippen LogP contribution is -2.60. The van der Waals surface area contributed by atoms with Gasteiger partial charge in [-0.1, -0.05) is 187 Å². The minimum atomic E-state index is -1.55. The number of carbonyl (C=O) groups is 1.